The smallest absolute Gasteiger partial charge is 0.410 e. The van der Waals surface area contributed by atoms with E-state index in [1.165, 1.54) is 23.1 Å². The molecule has 1 saturated heterocycles. The van der Waals surface area contributed by atoms with E-state index >= 15 is 0 Å². The summed E-state index contributed by atoms with van der Waals surface area (Å²) in [5, 5.41) is 9.24. The number of amides is 3. The highest BCUT2D eigenvalue weighted by Gasteiger charge is 2.35. The van der Waals surface area contributed by atoms with Crippen LogP contribution in [0.15, 0.2) is 36.7 Å². The molecule has 2 aliphatic rings. The largest absolute Gasteiger partial charge is 0.444 e. The minimum atomic E-state index is -0.626. The standard InChI is InChI=1S/C25H28FN5O3/c1-25(2,3)34-24(33)29-10-7-17(8-11-29)15-30-16-19-14-28-9-6-22(19)31(23(30)32)20-4-5-21(26)18(12-20)13-27/h4-6,9,12,14,17H,7-8,10-11,15-16H2,1-3H3. The lowest BCUT2D eigenvalue weighted by molar-refractivity contribution is 0.0173. The molecule has 3 amide bonds. The molecular weight excluding hydrogens is 437 g/mol. The van der Waals surface area contributed by atoms with Gasteiger partial charge in [0.1, 0.15) is 17.5 Å². The Bertz CT molecular complexity index is 1130. The van der Waals surface area contributed by atoms with E-state index in [1.54, 1.807) is 28.3 Å². The third-order valence-electron chi connectivity index (χ3n) is 6.02. The second-order valence-corrected chi connectivity index (χ2v) is 9.69. The van der Waals surface area contributed by atoms with E-state index in [2.05, 4.69) is 4.98 Å². The van der Waals surface area contributed by atoms with Gasteiger partial charge in [0.2, 0.25) is 0 Å². The Kier molecular flexibility index (Phi) is 6.42. The van der Waals surface area contributed by atoms with Gasteiger partial charge in [0.15, 0.2) is 0 Å². The monoisotopic (exact) mass is 465 g/mol. The number of hydrogen-bond donors (Lipinski definition) is 0. The van der Waals surface area contributed by atoms with Gasteiger partial charge in [-0.1, -0.05) is 0 Å². The zero-order valence-electron chi connectivity index (χ0n) is 19.6. The van der Waals surface area contributed by atoms with Crippen LogP contribution in [0.4, 0.5) is 25.4 Å². The third-order valence-corrected chi connectivity index (χ3v) is 6.02. The fourth-order valence-corrected chi connectivity index (χ4v) is 4.34. The average Bonchev–Trinajstić information content (AvgIpc) is 2.79. The molecule has 8 nitrogen and oxygen atoms in total. The Balaban J connectivity index is 1.50. The summed E-state index contributed by atoms with van der Waals surface area (Å²) in [6.45, 7) is 7.63. The summed E-state index contributed by atoms with van der Waals surface area (Å²) in [5.41, 5.74) is 1.32. The molecule has 1 aromatic carbocycles. The quantitative estimate of drug-likeness (QED) is 0.649. The number of nitriles is 1. The number of likely N-dealkylation sites (tertiary alicyclic amines) is 1. The number of piperidine rings is 1. The molecule has 0 atom stereocenters. The molecule has 9 heteroatoms. The first-order chi connectivity index (χ1) is 16.2. The van der Waals surface area contributed by atoms with Crippen molar-refractivity contribution in [3.05, 3.63) is 53.6 Å². The van der Waals surface area contributed by atoms with Crippen LogP contribution < -0.4 is 4.90 Å². The Hall–Kier alpha value is -3.67. The molecular formula is C25H28FN5O3. The van der Waals surface area contributed by atoms with Crippen molar-refractivity contribution in [3.8, 4) is 6.07 Å². The van der Waals surface area contributed by atoms with E-state index in [4.69, 9.17) is 4.74 Å². The predicted octanol–water partition coefficient (Wildman–Crippen LogP) is 4.81. The molecule has 2 aromatic rings. The number of pyridine rings is 1. The molecule has 4 rings (SSSR count). The lowest BCUT2D eigenvalue weighted by Crippen LogP contribution is -2.48. The van der Waals surface area contributed by atoms with Crippen LogP contribution >= 0.6 is 0 Å². The number of nitrogens with zero attached hydrogens (tertiary/aromatic N) is 5. The van der Waals surface area contributed by atoms with Gasteiger partial charge in [-0.25, -0.2) is 14.0 Å². The summed E-state index contributed by atoms with van der Waals surface area (Å²) >= 11 is 0. The maximum atomic E-state index is 13.9. The van der Waals surface area contributed by atoms with E-state index in [-0.39, 0.29) is 23.6 Å². The number of rotatable bonds is 3. The summed E-state index contributed by atoms with van der Waals surface area (Å²) in [5.74, 6) is -0.398. The highest BCUT2D eigenvalue weighted by atomic mass is 19.1. The molecule has 0 saturated carbocycles. The van der Waals surface area contributed by atoms with E-state index in [0.717, 1.165) is 18.4 Å². The summed E-state index contributed by atoms with van der Waals surface area (Å²) in [6.07, 6.45) is 4.55. The van der Waals surface area contributed by atoms with Gasteiger partial charge in [-0.15, -0.1) is 0 Å². The number of urea groups is 1. The second kappa shape index (κ2) is 9.29. The van der Waals surface area contributed by atoms with Crippen LogP contribution in [0.5, 0.6) is 0 Å². The minimum absolute atomic E-state index is 0.118. The van der Waals surface area contributed by atoms with Gasteiger partial charge < -0.3 is 14.5 Å². The van der Waals surface area contributed by atoms with Gasteiger partial charge >= 0.3 is 12.1 Å². The number of carbonyl (C=O) groups is 2. The Morgan fingerprint density at radius 1 is 1.26 bits per heavy atom. The summed E-state index contributed by atoms with van der Waals surface area (Å²) in [7, 11) is 0. The third kappa shape index (κ3) is 4.96. The number of anilines is 2. The first-order valence-corrected chi connectivity index (χ1v) is 11.4. The van der Waals surface area contributed by atoms with Crippen molar-refractivity contribution in [2.24, 2.45) is 5.92 Å². The Morgan fingerprint density at radius 3 is 2.68 bits per heavy atom. The van der Waals surface area contributed by atoms with E-state index < -0.39 is 11.4 Å². The molecule has 0 unspecified atom stereocenters. The van der Waals surface area contributed by atoms with Crippen LogP contribution in [0.25, 0.3) is 0 Å². The zero-order valence-corrected chi connectivity index (χ0v) is 19.6. The minimum Gasteiger partial charge on any atom is -0.444 e. The van der Waals surface area contributed by atoms with Crippen LogP contribution in [0.1, 0.15) is 44.7 Å². The van der Waals surface area contributed by atoms with E-state index in [1.807, 2.05) is 26.8 Å². The lowest BCUT2D eigenvalue weighted by Gasteiger charge is -2.40. The van der Waals surface area contributed by atoms with E-state index in [9.17, 15) is 19.2 Å². The molecule has 1 fully saturated rings. The fraction of sp³-hybridized carbons (Fsp3) is 0.440. The SMILES string of the molecule is CC(C)(C)OC(=O)N1CCC(CN2Cc3cnccc3N(c3ccc(F)c(C#N)c3)C2=O)CC1. The second-order valence-electron chi connectivity index (χ2n) is 9.69. The van der Waals surface area contributed by atoms with Crippen LogP contribution in [-0.2, 0) is 11.3 Å². The molecule has 3 heterocycles. The maximum absolute atomic E-state index is 13.9. The van der Waals surface area contributed by atoms with Crippen molar-refractivity contribution < 1.29 is 18.7 Å². The molecule has 0 aliphatic carbocycles. The maximum Gasteiger partial charge on any atom is 0.410 e. The molecule has 0 spiro atoms. The molecule has 34 heavy (non-hydrogen) atoms. The molecule has 178 valence electrons. The van der Waals surface area contributed by atoms with Crippen molar-refractivity contribution in [1.82, 2.24) is 14.8 Å². The highest BCUT2D eigenvalue weighted by Crippen LogP contribution is 2.36. The van der Waals surface area contributed by atoms with Gasteiger partial charge in [0.05, 0.1) is 23.5 Å². The molecule has 0 bridgehead atoms. The Labute approximate surface area is 198 Å². The summed E-state index contributed by atoms with van der Waals surface area (Å²) in [6, 6.07) is 7.45. The first-order valence-electron chi connectivity index (χ1n) is 11.4. The topological polar surface area (TPSA) is 89.8 Å². The molecule has 1 aromatic heterocycles. The number of halogens is 1. The lowest BCUT2D eigenvalue weighted by atomic mass is 9.96. The van der Waals surface area contributed by atoms with Gasteiger partial charge in [0.25, 0.3) is 0 Å². The first kappa shape index (κ1) is 23.5. The van der Waals surface area contributed by atoms with Gasteiger partial charge in [-0.3, -0.25) is 9.88 Å². The fourth-order valence-electron chi connectivity index (χ4n) is 4.34. The van der Waals surface area contributed by atoms with Crippen molar-refractivity contribution >= 4 is 23.5 Å². The number of ether oxygens (including phenoxy) is 1. The average molecular weight is 466 g/mol. The number of benzene rings is 1. The molecule has 2 aliphatic heterocycles. The van der Waals surface area contributed by atoms with Crippen LogP contribution in [-0.4, -0.2) is 52.1 Å². The number of fused-ring (bicyclic) bond motifs is 1. The van der Waals surface area contributed by atoms with Crippen LogP contribution in [0.3, 0.4) is 0 Å². The highest BCUT2D eigenvalue weighted by molar-refractivity contribution is 6.01. The van der Waals surface area contributed by atoms with Gasteiger partial charge in [-0.2, -0.15) is 5.26 Å². The molecule has 0 N–H and O–H groups in total. The molecule has 0 radical (unpaired) electrons. The van der Waals surface area contributed by atoms with Gasteiger partial charge in [-0.05, 0) is 63.8 Å². The van der Waals surface area contributed by atoms with Crippen molar-refractivity contribution in [1.29, 1.82) is 5.26 Å². The van der Waals surface area contributed by atoms with Crippen LogP contribution in [0, 0.1) is 23.1 Å². The van der Waals surface area contributed by atoms with E-state index in [0.29, 0.717) is 37.6 Å². The number of hydrogen-bond acceptors (Lipinski definition) is 5. The Morgan fingerprint density at radius 2 is 2.00 bits per heavy atom. The summed E-state index contributed by atoms with van der Waals surface area (Å²) in [4.78, 5) is 35.1. The number of carbonyl (C=O) groups excluding carboxylic acids is 2. The zero-order chi connectivity index (χ0) is 24.5. The van der Waals surface area contributed by atoms with Crippen LogP contribution in [0.2, 0.25) is 0 Å². The van der Waals surface area contributed by atoms with Crippen molar-refractivity contribution in [2.75, 3.05) is 24.5 Å². The number of aromatic nitrogens is 1. The van der Waals surface area contributed by atoms with Crippen molar-refractivity contribution in [2.45, 2.75) is 45.8 Å². The normalized spacial score (nSPS) is 16.8. The predicted molar refractivity (Wildman–Crippen MR) is 124 cm³/mol. The van der Waals surface area contributed by atoms with Crippen molar-refractivity contribution in [3.63, 3.8) is 0 Å². The summed E-state index contributed by atoms with van der Waals surface area (Å²) < 4.78 is 19.4. The van der Waals surface area contributed by atoms with Gasteiger partial charge in [0, 0.05) is 37.6 Å².